The fourth-order valence-electron chi connectivity index (χ4n) is 0.464. The summed E-state index contributed by atoms with van der Waals surface area (Å²) < 4.78 is 0. The standard InChI is InChI=1S/C9H19N5/c1-5-7(3)11-13-9(10)14-12-8(4)6-2/h5-6H2,1-4H3,(H3,10,13,14). The summed E-state index contributed by atoms with van der Waals surface area (Å²) >= 11 is 0. The lowest BCUT2D eigenvalue weighted by Gasteiger charge is -1.98. The van der Waals surface area contributed by atoms with E-state index in [1.165, 1.54) is 0 Å². The Hall–Kier alpha value is -1.39. The van der Waals surface area contributed by atoms with Crippen molar-refractivity contribution in [3.8, 4) is 0 Å². The fourth-order valence-corrected chi connectivity index (χ4v) is 0.464. The van der Waals surface area contributed by atoms with Crippen molar-refractivity contribution in [2.75, 3.05) is 0 Å². The van der Waals surface area contributed by atoms with Gasteiger partial charge in [-0.1, -0.05) is 13.8 Å². The minimum atomic E-state index is 0.214. The third kappa shape index (κ3) is 6.16. The molecule has 0 aromatic carbocycles. The molecule has 80 valence electrons. The Morgan fingerprint density at radius 3 is 2.14 bits per heavy atom. The topological polar surface area (TPSA) is 75.1 Å². The van der Waals surface area contributed by atoms with E-state index in [2.05, 4.69) is 20.7 Å². The van der Waals surface area contributed by atoms with E-state index in [0.717, 1.165) is 24.3 Å². The van der Waals surface area contributed by atoms with Crippen LogP contribution in [0.15, 0.2) is 15.3 Å². The smallest absolute Gasteiger partial charge is 0.234 e. The number of hydrazone groups is 1. The van der Waals surface area contributed by atoms with Crippen molar-refractivity contribution in [2.24, 2.45) is 21.0 Å². The maximum absolute atomic E-state index is 5.50. The molecule has 0 aromatic heterocycles. The first-order valence-electron chi connectivity index (χ1n) is 4.75. The average Bonchev–Trinajstić information content (AvgIpc) is 2.22. The number of guanidine groups is 1. The summed E-state index contributed by atoms with van der Waals surface area (Å²) in [4.78, 5) is 0. The van der Waals surface area contributed by atoms with Crippen LogP contribution in [0.5, 0.6) is 0 Å². The molecular formula is C9H19N5. The molecule has 0 aromatic rings. The van der Waals surface area contributed by atoms with Gasteiger partial charge in [0, 0.05) is 11.4 Å². The van der Waals surface area contributed by atoms with E-state index in [9.17, 15) is 0 Å². The number of nitrogens with zero attached hydrogens (tertiary/aromatic N) is 3. The van der Waals surface area contributed by atoms with Crippen molar-refractivity contribution in [1.29, 1.82) is 0 Å². The highest BCUT2D eigenvalue weighted by molar-refractivity contribution is 5.86. The Labute approximate surface area is 85.2 Å². The van der Waals surface area contributed by atoms with Crippen molar-refractivity contribution in [3.05, 3.63) is 0 Å². The molecule has 0 aliphatic carbocycles. The van der Waals surface area contributed by atoms with Crippen molar-refractivity contribution in [2.45, 2.75) is 40.5 Å². The van der Waals surface area contributed by atoms with Crippen molar-refractivity contribution in [3.63, 3.8) is 0 Å². The van der Waals surface area contributed by atoms with E-state index in [4.69, 9.17) is 5.73 Å². The van der Waals surface area contributed by atoms with Crippen LogP contribution in [0.4, 0.5) is 0 Å². The van der Waals surface area contributed by atoms with Gasteiger partial charge in [0.2, 0.25) is 5.96 Å². The third-order valence-electron chi connectivity index (χ3n) is 1.71. The van der Waals surface area contributed by atoms with Gasteiger partial charge in [0.15, 0.2) is 0 Å². The highest BCUT2D eigenvalue weighted by atomic mass is 15.4. The highest BCUT2D eigenvalue weighted by Gasteiger charge is 1.89. The molecule has 0 heterocycles. The van der Waals surface area contributed by atoms with E-state index in [1.54, 1.807) is 0 Å². The number of rotatable bonds is 4. The van der Waals surface area contributed by atoms with Crippen molar-refractivity contribution < 1.29 is 0 Å². The molecule has 0 spiro atoms. The second-order valence-corrected chi connectivity index (χ2v) is 2.99. The molecule has 5 nitrogen and oxygen atoms in total. The van der Waals surface area contributed by atoms with Gasteiger partial charge in [-0.25, -0.2) is 5.43 Å². The Balaban J connectivity index is 4.14. The molecule has 0 aliphatic rings. The monoisotopic (exact) mass is 197 g/mol. The number of nitrogens with one attached hydrogen (secondary N) is 1. The van der Waals surface area contributed by atoms with Crippen LogP contribution < -0.4 is 11.2 Å². The third-order valence-corrected chi connectivity index (χ3v) is 1.71. The lowest BCUT2D eigenvalue weighted by Crippen LogP contribution is -2.27. The maximum atomic E-state index is 5.50. The number of nitrogens with two attached hydrogens (primary N) is 1. The summed E-state index contributed by atoms with van der Waals surface area (Å²) in [5, 5.41) is 11.6. The molecule has 0 bridgehead atoms. The first-order valence-corrected chi connectivity index (χ1v) is 4.75. The van der Waals surface area contributed by atoms with Gasteiger partial charge in [0.05, 0.1) is 0 Å². The lowest BCUT2D eigenvalue weighted by molar-refractivity contribution is 0.968. The summed E-state index contributed by atoms with van der Waals surface area (Å²) in [6, 6.07) is 0. The van der Waals surface area contributed by atoms with E-state index in [1.807, 2.05) is 27.7 Å². The van der Waals surface area contributed by atoms with E-state index in [-0.39, 0.29) is 5.96 Å². The molecule has 3 N–H and O–H groups in total. The summed E-state index contributed by atoms with van der Waals surface area (Å²) in [5.41, 5.74) is 10.0. The van der Waals surface area contributed by atoms with Gasteiger partial charge in [-0.2, -0.15) is 10.2 Å². The first-order chi connectivity index (χ1) is 6.60. The minimum Gasteiger partial charge on any atom is -0.367 e. The predicted molar refractivity (Wildman–Crippen MR) is 61.6 cm³/mol. The molecule has 0 saturated heterocycles. The minimum absolute atomic E-state index is 0.214. The first kappa shape index (κ1) is 12.6. The molecule has 0 unspecified atom stereocenters. The SMILES string of the molecule is CCC(C)=NN=C(N)NN=C(C)CC. The van der Waals surface area contributed by atoms with Crippen LogP contribution in [0.1, 0.15) is 40.5 Å². The normalized spacial score (nSPS) is 14.4. The summed E-state index contributed by atoms with van der Waals surface area (Å²) in [6.07, 6.45) is 1.76. The molecule has 0 rings (SSSR count). The zero-order valence-electron chi connectivity index (χ0n) is 9.33. The number of hydrogen-bond acceptors (Lipinski definition) is 3. The molecule has 0 atom stereocenters. The van der Waals surface area contributed by atoms with E-state index >= 15 is 0 Å². The van der Waals surface area contributed by atoms with E-state index < -0.39 is 0 Å². The van der Waals surface area contributed by atoms with Crippen LogP contribution in [0.3, 0.4) is 0 Å². The zero-order chi connectivity index (χ0) is 11.0. The van der Waals surface area contributed by atoms with Crippen molar-refractivity contribution in [1.82, 2.24) is 5.43 Å². The van der Waals surface area contributed by atoms with Crippen molar-refractivity contribution >= 4 is 17.4 Å². The Kier molecular flexibility index (Phi) is 6.36. The molecule has 0 saturated carbocycles. The van der Waals surface area contributed by atoms with Crippen LogP contribution in [0.2, 0.25) is 0 Å². The van der Waals surface area contributed by atoms with Crippen LogP contribution in [0, 0.1) is 0 Å². The van der Waals surface area contributed by atoms with Gasteiger partial charge in [-0.05, 0) is 26.7 Å². The largest absolute Gasteiger partial charge is 0.367 e. The average molecular weight is 197 g/mol. The molecular weight excluding hydrogens is 178 g/mol. The Bertz CT molecular complexity index is 252. The molecule has 5 heteroatoms. The molecule has 0 fully saturated rings. The second kappa shape index (κ2) is 7.06. The molecule has 14 heavy (non-hydrogen) atoms. The van der Waals surface area contributed by atoms with E-state index in [0.29, 0.717) is 0 Å². The highest BCUT2D eigenvalue weighted by Crippen LogP contribution is 1.85. The van der Waals surface area contributed by atoms with Gasteiger partial charge in [0.1, 0.15) is 0 Å². The van der Waals surface area contributed by atoms with Gasteiger partial charge >= 0.3 is 0 Å². The second-order valence-electron chi connectivity index (χ2n) is 2.99. The predicted octanol–water partition coefficient (Wildman–Crippen LogP) is 1.46. The molecule has 0 radical (unpaired) electrons. The van der Waals surface area contributed by atoms with Crippen LogP contribution in [-0.4, -0.2) is 17.4 Å². The van der Waals surface area contributed by atoms with Gasteiger partial charge in [0.25, 0.3) is 0 Å². The maximum Gasteiger partial charge on any atom is 0.234 e. The lowest BCUT2D eigenvalue weighted by atomic mass is 10.3. The van der Waals surface area contributed by atoms with Gasteiger partial charge in [-0.15, -0.1) is 5.10 Å². The van der Waals surface area contributed by atoms with Gasteiger partial charge in [-0.3, -0.25) is 0 Å². The summed E-state index contributed by atoms with van der Waals surface area (Å²) in [6.45, 7) is 7.85. The number of hydrogen-bond donors (Lipinski definition) is 2. The zero-order valence-corrected chi connectivity index (χ0v) is 9.33. The Morgan fingerprint density at radius 2 is 1.64 bits per heavy atom. The van der Waals surface area contributed by atoms with Gasteiger partial charge < -0.3 is 5.73 Å². The summed E-state index contributed by atoms with van der Waals surface area (Å²) in [5.74, 6) is 0.214. The summed E-state index contributed by atoms with van der Waals surface area (Å²) in [7, 11) is 0. The van der Waals surface area contributed by atoms with Crippen LogP contribution >= 0.6 is 0 Å². The Morgan fingerprint density at radius 1 is 1.07 bits per heavy atom. The molecule has 0 amide bonds. The van der Waals surface area contributed by atoms with Crippen LogP contribution in [-0.2, 0) is 0 Å². The quantitative estimate of drug-likeness (QED) is 0.407. The molecule has 0 aliphatic heterocycles. The fraction of sp³-hybridized carbons (Fsp3) is 0.667. The van der Waals surface area contributed by atoms with Crippen LogP contribution in [0.25, 0.3) is 0 Å².